The Bertz CT molecular complexity index is 733. The molecule has 0 aromatic heterocycles. The molecule has 5 heteroatoms. The topological polar surface area (TPSA) is 41.9 Å². The molecule has 5 atom stereocenters. The third-order valence-electron chi connectivity index (χ3n) is 6.40. The number of piperidine rings is 1. The minimum Gasteiger partial charge on any atom is -0.492 e. The van der Waals surface area contributed by atoms with Gasteiger partial charge in [-0.05, 0) is 54.0 Å². The van der Waals surface area contributed by atoms with E-state index in [0.717, 1.165) is 35.4 Å². The minimum atomic E-state index is -0.558. The first-order valence-electron chi connectivity index (χ1n) is 8.21. The molecular weight excluding hydrogens is 358 g/mol. The SMILES string of the molecule is COc1c(Br)cc2c3c1O[C@H]1[C@@H](O)C=C[C@H]4[C@@H](C2)N(C)CC[C@@]341. The summed E-state index contributed by atoms with van der Waals surface area (Å²) in [6.07, 6.45) is 5.43. The summed E-state index contributed by atoms with van der Waals surface area (Å²) in [4.78, 5) is 2.47. The number of aliphatic hydroxyl groups is 1. The lowest BCUT2D eigenvalue weighted by molar-refractivity contribution is -0.0453. The lowest BCUT2D eigenvalue weighted by Gasteiger charge is -2.56. The number of ether oxygens (including phenoxy) is 2. The molecule has 1 aromatic rings. The van der Waals surface area contributed by atoms with Crippen LogP contribution in [0.5, 0.6) is 11.5 Å². The van der Waals surface area contributed by atoms with Crippen LogP contribution in [0.2, 0.25) is 0 Å². The molecule has 5 rings (SSSR count). The lowest BCUT2D eigenvalue weighted by atomic mass is 9.53. The Morgan fingerprint density at radius 1 is 1.43 bits per heavy atom. The molecule has 4 aliphatic rings. The number of rotatable bonds is 1. The van der Waals surface area contributed by atoms with Gasteiger partial charge in [0.25, 0.3) is 0 Å². The third-order valence-corrected chi connectivity index (χ3v) is 6.99. The van der Waals surface area contributed by atoms with E-state index in [0.29, 0.717) is 12.0 Å². The van der Waals surface area contributed by atoms with E-state index in [4.69, 9.17) is 9.47 Å². The molecule has 0 amide bonds. The summed E-state index contributed by atoms with van der Waals surface area (Å²) in [5, 5.41) is 10.6. The Labute approximate surface area is 144 Å². The van der Waals surface area contributed by atoms with E-state index in [2.05, 4.69) is 40.0 Å². The first-order chi connectivity index (χ1) is 11.1. The van der Waals surface area contributed by atoms with Crippen LogP contribution in [0.25, 0.3) is 0 Å². The molecular formula is C18H20BrNO3. The van der Waals surface area contributed by atoms with Gasteiger partial charge in [-0.3, -0.25) is 0 Å². The number of hydrogen-bond donors (Lipinski definition) is 1. The summed E-state index contributed by atoms with van der Waals surface area (Å²) in [5.41, 5.74) is 2.52. The maximum absolute atomic E-state index is 10.6. The second kappa shape index (κ2) is 4.52. The fourth-order valence-electron chi connectivity index (χ4n) is 5.46. The largest absolute Gasteiger partial charge is 0.492 e. The van der Waals surface area contributed by atoms with Gasteiger partial charge in [-0.1, -0.05) is 12.2 Å². The van der Waals surface area contributed by atoms with Crippen LogP contribution in [0.1, 0.15) is 17.5 Å². The Hall–Kier alpha value is -1.04. The molecule has 23 heavy (non-hydrogen) atoms. The predicted octanol–water partition coefficient (Wildman–Crippen LogP) is 2.26. The molecule has 1 saturated heterocycles. The Balaban J connectivity index is 1.84. The van der Waals surface area contributed by atoms with Gasteiger partial charge in [0.1, 0.15) is 12.2 Å². The van der Waals surface area contributed by atoms with Gasteiger partial charge >= 0.3 is 0 Å². The minimum absolute atomic E-state index is 0.109. The molecule has 2 bridgehead atoms. The highest BCUT2D eigenvalue weighted by molar-refractivity contribution is 9.10. The fourth-order valence-corrected chi connectivity index (χ4v) is 6.08. The monoisotopic (exact) mass is 377 g/mol. The first kappa shape index (κ1) is 14.3. The zero-order valence-corrected chi connectivity index (χ0v) is 14.8. The van der Waals surface area contributed by atoms with Crippen molar-refractivity contribution in [3.8, 4) is 11.5 Å². The van der Waals surface area contributed by atoms with Crippen LogP contribution in [0, 0.1) is 5.92 Å². The summed E-state index contributed by atoms with van der Waals surface area (Å²) in [7, 11) is 3.89. The van der Waals surface area contributed by atoms with Crippen molar-refractivity contribution in [1.82, 2.24) is 4.90 Å². The van der Waals surface area contributed by atoms with Crippen molar-refractivity contribution in [2.45, 2.75) is 36.5 Å². The molecule has 0 saturated carbocycles. The van der Waals surface area contributed by atoms with Crippen LogP contribution in [-0.4, -0.2) is 49.0 Å². The Morgan fingerprint density at radius 2 is 2.26 bits per heavy atom. The number of likely N-dealkylation sites (tertiary alicyclic amines) is 1. The number of benzene rings is 1. The fraction of sp³-hybridized carbons (Fsp3) is 0.556. The van der Waals surface area contributed by atoms with Crippen molar-refractivity contribution in [3.05, 3.63) is 33.8 Å². The number of methoxy groups -OCH3 is 1. The van der Waals surface area contributed by atoms with E-state index in [-0.39, 0.29) is 11.5 Å². The summed E-state index contributed by atoms with van der Waals surface area (Å²) < 4.78 is 12.9. The maximum Gasteiger partial charge on any atom is 0.175 e. The predicted molar refractivity (Wildman–Crippen MR) is 90.2 cm³/mol. The molecule has 1 aromatic carbocycles. The van der Waals surface area contributed by atoms with E-state index < -0.39 is 6.10 Å². The van der Waals surface area contributed by atoms with E-state index in [1.807, 2.05) is 6.08 Å². The number of nitrogens with zero attached hydrogens (tertiary/aromatic N) is 1. The highest BCUT2D eigenvalue weighted by Gasteiger charge is 2.64. The van der Waals surface area contributed by atoms with Crippen molar-refractivity contribution in [2.75, 3.05) is 20.7 Å². The van der Waals surface area contributed by atoms with Crippen LogP contribution >= 0.6 is 15.9 Å². The van der Waals surface area contributed by atoms with Gasteiger partial charge in [0, 0.05) is 22.9 Å². The van der Waals surface area contributed by atoms with Crippen molar-refractivity contribution < 1.29 is 14.6 Å². The van der Waals surface area contributed by atoms with Crippen molar-refractivity contribution in [3.63, 3.8) is 0 Å². The molecule has 2 aliphatic carbocycles. The van der Waals surface area contributed by atoms with Crippen LogP contribution in [0.3, 0.4) is 0 Å². The average Bonchev–Trinajstić information content (AvgIpc) is 2.87. The van der Waals surface area contributed by atoms with Crippen molar-refractivity contribution in [1.29, 1.82) is 0 Å². The first-order valence-corrected chi connectivity index (χ1v) is 9.00. The lowest BCUT2D eigenvalue weighted by Crippen LogP contribution is -2.64. The molecule has 2 aliphatic heterocycles. The molecule has 1 N–H and O–H groups in total. The average molecular weight is 378 g/mol. The van der Waals surface area contributed by atoms with E-state index in [1.165, 1.54) is 11.1 Å². The summed E-state index contributed by atoms with van der Waals surface area (Å²) in [6, 6.07) is 2.66. The van der Waals surface area contributed by atoms with Gasteiger partial charge in [-0.15, -0.1) is 0 Å². The number of aliphatic hydroxyl groups excluding tert-OH is 1. The van der Waals surface area contributed by atoms with E-state index in [9.17, 15) is 5.11 Å². The Morgan fingerprint density at radius 3 is 3.04 bits per heavy atom. The molecule has 1 spiro atoms. The van der Waals surface area contributed by atoms with Gasteiger partial charge in [-0.2, -0.15) is 0 Å². The van der Waals surface area contributed by atoms with Crippen LogP contribution in [0.15, 0.2) is 22.7 Å². The molecule has 4 nitrogen and oxygen atoms in total. The number of likely N-dealkylation sites (N-methyl/N-ethyl adjacent to an activating group) is 1. The second-order valence-electron chi connectivity index (χ2n) is 7.24. The van der Waals surface area contributed by atoms with Gasteiger partial charge in [0.2, 0.25) is 0 Å². The molecule has 1 fully saturated rings. The third kappa shape index (κ3) is 1.54. The number of halogens is 1. The molecule has 0 radical (unpaired) electrons. The smallest absolute Gasteiger partial charge is 0.175 e. The molecule has 0 unspecified atom stereocenters. The quantitative estimate of drug-likeness (QED) is 0.762. The second-order valence-corrected chi connectivity index (χ2v) is 8.09. The Kier molecular flexibility index (Phi) is 2.82. The van der Waals surface area contributed by atoms with E-state index >= 15 is 0 Å². The zero-order valence-electron chi connectivity index (χ0n) is 13.3. The highest BCUT2D eigenvalue weighted by atomic mass is 79.9. The van der Waals surface area contributed by atoms with Crippen molar-refractivity contribution in [2.24, 2.45) is 5.92 Å². The maximum atomic E-state index is 10.6. The number of hydrogen-bond acceptors (Lipinski definition) is 4. The summed E-state index contributed by atoms with van der Waals surface area (Å²) in [6.45, 7) is 1.04. The van der Waals surface area contributed by atoms with Crippen LogP contribution in [0.4, 0.5) is 0 Å². The van der Waals surface area contributed by atoms with E-state index in [1.54, 1.807) is 7.11 Å². The van der Waals surface area contributed by atoms with Gasteiger partial charge in [0.05, 0.1) is 11.6 Å². The van der Waals surface area contributed by atoms with Crippen LogP contribution < -0.4 is 9.47 Å². The standard InChI is InChI=1S/C18H20BrNO3/c1-20-6-5-18-10-3-4-13(21)17(18)23-16-14(18)9(8-12(10)20)7-11(19)15(16)22-2/h3-4,7,10,12-13,17,21H,5-6,8H2,1-2H3/t10-,12+,13-,17-,18-/m0/s1. The normalized spacial score (nSPS) is 39.8. The van der Waals surface area contributed by atoms with Crippen LogP contribution in [-0.2, 0) is 11.8 Å². The zero-order chi connectivity index (χ0) is 15.9. The van der Waals surface area contributed by atoms with Crippen molar-refractivity contribution >= 4 is 15.9 Å². The summed E-state index contributed by atoms with van der Waals surface area (Å²) >= 11 is 3.63. The molecule has 2 heterocycles. The van der Waals surface area contributed by atoms with Gasteiger partial charge in [0.15, 0.2) is 11.5 Å². The molecule has 122 valence electrons. The van der Waals surface area contributed by atoms with Gasteiger partial charge in [-0.25, -0.2) is 0 Å². The summed E-state index contributed by atoms with van der Waals surface area (Å²) in [5.74, 6) is 2.00. The van der Waals surface area contributed by atoms with Gasteiger partial charge < -0.3 is 19.5 Å². The highest BCUT2D eigenvalue weighted by Crippen LogP contribution is 2.63.